The number of para-hydroxylation sites is 1. The van der Waals surface area contributed by atoms with Crippen molar-refractivity contribution >= 4 is 23.2 Å². The van der Waals surface area contributed by atoms with Crippen LogP contribution in [0.4, 0.5) is 5.69 Å². The van der Waals surface area contributed by atoms with Gasteiger partial charge in [0, 0.05) is 5.69 Å². The molecule has 4 saturated carbocycles. The van der Waals surface area contributed by atoms with E-state index in [0.717, 1.165) is 23.4 Å². The van der Waals surface area contributed by atoms with Crippen molar-refractivity contribution in [2.24, 2.45) is 17.8 Å². The van der Waals surface area contributed by atoms with E-state index < -0.39 is 6.10 Å². The van der Waals surface area contributed by atoms with Crippen LogP contribution in [0.5, 0.6) is 5.75 Å². The quantitative estimate of drug-likeness (QED) is 0.568. The highest BCUT2D eigenvalue weighted by Crippen LogP contribution is 2.60. The molecule has 158 valence electrons. The Hall–Kier alpha value is -2.00. The van der Waals surface area contributed by atoms with E-state index >= 15 is 0 Å². The van der Waals surface area contributed by atoms with Gasteiger partial charge in [0.2, 0.25) is 0 Å². The van der Waals surface area contributed by atoms with E-state index in [4.69, 9.17) is 16.3 Å². The zero-order chi connectivity index (χ0) is 20.7. The second-order valence-electron chi connectivity index (χ2n) is 9.71. The Balaban J connectivity index is 1.27. The van der Waals surface area contributed by atoms with Gasteiger partial charge < -0.3 is 10.1 Å². The molecule has 2 aromatic rings. The van der Waals surface area contributed by atoms with Gasteiger partial charge in [-0.2, -0.15) is 0 Å². The fraction of sp³-hybridized carbons (Fsp3) is 0.500. The molecule has 1 N–H and O–H groups in total. The Morgan fingerprint density at radius 2 is 1.63 bits per heavy atom. The standard InChI is InChI=1S/C26H30ClNO2/c1-2-23(30-24-6-4-3-5-22(24)27)25(29)28-21-9-7-20(8-10-21)26-14-17-11-18(15-26)13-19(12-17)16-26/h3-10,17-19,23H,2,11-16H2,1H3,(H,28,29)/t17?,18?,19?,23-,26?/m0/s1. The Kier molecular flexibility index (Phi) is 5.26. The third kappa shape index (κ3) is 3.73. The zero-order valence-corrected chi connectivity index (χ0v) is 18.3. The Morgan fingerprint density at radius 1 is 1.03 bits per heavy atom. The van der Waals surface area contributed by atoms with Crippen molar-refractivity contribution in [3.05, 3.63) is 59.1 Å². The van der Waals surface area contributed by atoms with Gasteiger partial charge >= 0.3 is 0 Å². The summed E-state index contributed by atoms with van der Waals surface area (Å²) in [5.74, 6) is 3.20. The molecular formula is C26H30ClNO2. The van der Waals surface area contributed by atoms with Gasteiger partial charge in [0.05, 0.1) is 5.02 Å². The summed E-state index contributed by atoms with van der Waals surface area (Å²) < 4.78 is 5.87. The van der Waals surface area contributed by atoms with E-state index in [1.165, 1.54) is 44.1 Å². The third-order valence-corrected chi connectivity index (χ3v) is 7.88. The number of carbonyl (C=O) groups excluding carboxylic acids is 1. The topological polar surface area (TPSA) is 38.3 Å². The monoisotopic (exact) mass is 423 g/mol. The predicted octanol–water partition coefficient (Wildman–Crippen LogP) is 6.60. The fourth-order valence-corrected chi connectivity index (χ4v) is 6.79. The van der Waals surface area contributed by atoms with Crippen molar-refractivity contribution in [1.82, 2.24) is 0 Å². The lowest BCUT2D eigenvalue weighted by Crippen LogP contribution is -2.48. The first-order chi connectivity index (χ1) is 14.5. The van der Waals surface area contributed by atoms with Crippen LogP contribution in [0, 0.1) is 17.8 Å². The van der Waals surface area contributed by atoms with Crippen molar-refractivity contribution in [2.75, 3.05) is 5.32 Å². The van der Waals surface area contributed by atoms with Crippen LogP contribution in [0.2, 0.25) is 5.02 Å². The van der Waals surface area contributed by atoms with Crippen molar-refractivity contribution in [3.63, 3.8) is 0 Å². The van der Waals surface area contributed by atoms with Crippen LogP contribution in [0.15, 0.2) is 48.5 Å². The van der Waals surface area contributed by atoms with Crippen LogP contribution in [0.3, 0.4) is 0 Å². The highest BCUT2D eigenvalue weighted by atomic mass is 35.5. The second-order valence-corrected chi connectivity index (χ2v) is 10.1. The molecule has 30 heavy (non-hydrogen) atoms. The summed E-state index contributed by atoms with van der Waals surface area (Å²) in [6.45, 7) is 1.94. The van der Waals surface area contributed by atoms with Crippen LogP contribution in [0.25, 0.3) is 0 Å². The molecule has 0 aromatic heterocycles. The van der Waals surface area contributed by atoms with Gasteiger partial charge in [-0.15, -0.1) is 0 Å². The van der Waals surface area contributed by atoms with Gasteiger partial charge in [0.15, 0.2) is 6.10 Å². The number of halogens is 1. The molecule has 6 rings (SSSR count). The molecule has 4 bridgehead atoms. The fourth-order valence-electron chi connectivity index (χ4n) is 6.61. The molecule has 0 unspecified atom stereocenters. The maximum absolute atomic E-state index is 12.8. The average Bonchev–Trinajstić information content (AvgIpc) is 2.72. The number of hydrogen-bond donors (Lipinski definition) is 1. The van der Waals surface area contributed by atoms with Crippen LogP contribution in [0.1, 0.15) is 57.4 Å². The van der Waals surface area contributed by atoms with Crippen molar-refractivity contribution in [2.45, 2.75) is 63.4 Å². The molecule has 3 nitrogen and oxygen atoms in total. The molecule has 0 radical (unpaired) electrons. The molecule has 1 amide bonds. The molecule has 4 heteroatoms. The minimum Gasteiger partial charge on any atom is -0.479 e. The van der Waals surface area contributed by atoms with Crippen LogP contribution in [-0.2, 0) is 10.2 Å². The van der Waals surface area contributed by atoms with Crippen LogP contribution in [-0.4, -0.2) is 12.0 Å². The molecule has 0 heterocycles. The maximum Gasteiger partial charge on any atom is 0.265 e. The number of carbonyl (C=O) groups is 1. The zero-order valence-electron chi connectivity index (χ0n) is 17.6. The van der Waals surface area contributed by atoms with Crippen LogP contribution < -0.4 is 10.1 Å². The first kappa shape index (κ1) is 19.9. The van der Waals surface area contributed by atoms with Gasteiger partial charge in [-0.1, -0.05) is 42.8 Å². The van der Waals surface area contributed by atoms with E-state index in [1.807, 2.05) is 19.1 Å². The molecule has 0 aliphatic heterocycles. The highest BCUT2D eigenvalue weighted by molar-refractivity contribution is 6.32. The molecule has 2 aromatic carbocycles. The Bertz CT molecular complexity index is 888. The Labute approximate surface area is 184 Å². The van der Waals surface area contributed by atoms with E-state index in [-0.39, 0.29) is 5.91 Å². The average molecular weight is 424 g/mol. The first-order valence-electron chi connectivity index (χ1n) is 11.4. The van der Waals surface area contributed by atoms with Gasteiger partial charge in [0.25, 0.3) is 5.91 Å². The minimum absolute atomic E-state index is 0.139. The minimum atomic E-state index is -0.576. The highest BCUT2D eigenvalue weighted by Gasteiger charge is 2.51. The second kappa shape index (κ2) is 7.92. The Morgan fingerprint density at radius 3 is 2.20 bits per heavy atom. The summed E-state index contributed by atoms with van der Waals surface area (Å²) in [4.78, 5) is 12.8. The normalized spacial score (nSPS) is 30.1. The lowest BCUT2D eigenvalue weighted by Gasteiger charge is -2.57. The summed E-state index contributed by atoms with van der Waals surface area (Å²) in [6.07, 6.45) is 8.43. The first-order valence-corrected chi connectivity index (χ1v) is 11.7. The van der Waals surface area contributed by atoms with Gasteiger partial charge in [-0.3, -0.25) is 4.79 Å². The summed E-state index contributed by atoms with van der Waals surface area (Å²) in [5, 5.41) is 3.54. The number of benzene rings is 2. The number of nitrogens with one attached hydrogen (secondary N) is 1. The van der Waals surface area contributed by atoms with E-state index in [1.54, 1.807) is 12.1 Å². The summed E-state index contributed by atoms with van der Waals surface area (Å²) in [6, 6.07) is 15.9. The van der Waals surface area contributed by atoms with E-state index in [0.29, 0.717) is 22.6 Å². The molecule has 4 aliphatic carbocycles. The van der Waals surface area contributed by atoms with Crippen molar-refractivity contribution in [1.29, 1.82) is 0 Å². The summed E-state index contributed by atoms with van der Waals surface area (Å²) >= 11 is 6.18. The SMILES string of the molecule is CC[C@H](Oc1ccccc1Cl)C(=O)Nc1ccc(C23CC4CC(CC(C4)C2)C3)cc1. The number of ether oxygens (including phenoxy) is 1. The van der Waals surface area contributed by atoms with Gasteiger partial charge in [-0.25, -0.2) is 0 Å². The summed E-state index contributed by atoms with van der Waals surface area (Å²) in [5.41, 5.74) is 2.69. The van der Waals surface area contributed by atoms with Crippen molar-refractivity contribution in [3.8, 4) is 5.75 Å². The molecule has 0 saturated heterocycles. The molecular weight excluding hydrogens is 394 g/mol. The smallest absolute Gasteiger partial charge is 0.265 e. The van der Waals surface area contributed by atoms with Crippen molar-refractivity contribution < 1.29 is 9.53 Å². The molecule has 4 fully saturated rings. The van der Waals surface area contributed by atoms with Crippen LogP contribution >= 0.6 is 11.6 Å². The maximum atomic E-state index is 12.8. The number of amides is 1. The molecule has 1 atom stereocenters. The van der Waals surface area contributed by atoms with E-state index in [9.17, 15) is 4.79 Å². The number of hydrogen-bond acceptors (Lipinski definition) is 2. The number of rotatable bonds is 6. The van der Waals surface area contributed by atoms with E-state index in [2.05, 4.69) is 29.6 Å². The van der Waals surface area contributed by atoms with Gasteiger partial charge in [0.1, 0.15) is 5.75 Å². The molecule has 4 aliphatic rings. The van der Waals surface area contributed by atoms with Gasteiger partial charge in [-0.05, 0) is 97.9 Å². The lowest BCUT2D eigenvalue weighted by molar-refractivity contribution is -0.122. The summed E-state index contributed by atoms with van der Waals surface area (Å²) in [7, 11) is 0. The number of anilines is 1. The predicted molar refractivity (Wildman–Crippen MR) is 121 cm³/mol. The lowest BCUT2D eigenvalue weighted by atomic mass is 9.48. The largest absolute Gasteiger partial charge is 0.479 e. The third-order valence-electron chi connectivity index (χ3n) is 7.57. The molecule has 0 spiro atoms.